The maximum Gasteiger partial charge on any atom is 0.431 e. The number of nitrogens with zero attached hydrogens (tertiary/aromatic N) is 2. The molecule has 0 radical (unpaired) electrons. The van der Waals surface area contributed by atoms with Gasteiger partial charge in [-0.1, -0.05) is 41.9 Å². The molecule has 1 aromatic carbocycles. The first-order valence-corrected chi connectivity index (χ1v) is 10.6. The van der Waals surface area contributed by atoms with Gasteiger partial charge in [-0.05, 0) is 11.8 Å². The fourth-order valence-corrected chi connectivity index (χ4v) is 3.57. The number of rotatable bonds is 7. The topological polar surface area (TPSA) is 79.5 Å². The fourth-order valence-electron chi connectivity index (χ4n) is 2.54. The summed E-state index contributed by atoms with van der Waals surface area (Å²) in [4.78, 5) is 36.6. The maximum absolute atomic E-state index is 13.1. The molecule has 0 unspecified atom stereocenters. The Morgan fingerprint density at radius 2 is 1.84 bits per heavy atom. The molecule has 2 rings (SSSR count). The molecule has 0 N–H and O–H groups in total. The third kappa shape index (κ3) is 5.90. The maximum atomic E-state index is 13.1. The summed E-state index contributed by atoms with van der Waals surface area (Å²) in [5.74, 6) is 0.695. The van der Waals surface area contributed by atoms with Gasteiger partial charge in [-0.15, -0.1) is 0 Å². The van der Waals surface area contributed by atoms with Gasteiger partial charge in [-0.2, -0.15) is 13.2 Å². The molecule has 1 heterocycles. The van der Waals surface area contributed by atoms with E-state index in [4.69, 9.17) is 32.7 Å². The normalized spacial score (nSPS) is 12.1. The molecule has 0 atom stereocenters. The average Bonchev–Trinajstić information content (AvgIpc) is 2.69. The zero-order valence-electron chi connectivity index (χ0n) is 17.0. The zero-order valence-corrected chi connectivity index (χ0v) is 19.3. The van der Waals surface area contributed by atoms with E-state index in [0.29, 0.717) is 10.3 Å². The number of methoxy groups -OCH3 is 1. The lowest BCUT2D eigenvalue weighted by atomic mass is 10.2. The standard InChI is InChI=1S/C19H17Cl2F3N2O5S/c1-4-32-17(28)5-10(30-3)9-31-14-7-13(11(20)6-12(14)21)26-16(27)8-15(19(22,23)24)25(2)18(26)29/h5-8H,4,9H2,1-3H3. The summed E-state index contributed by atoms with van der Waals surface area (Å²) in [7, 11) is 2.21. The van der Waals surface area contributed by atoms with Crippen LogP contribution in [0.3, 0.4) is 0 Å². The number of hydrogen-bond acceptors (Lipinski definition) is 6. The molecule has 0 fully saturated rings. The average molecular weight is 513 g/mol. The predicted molar refractivity (Wildman–Crippen MR) is 116 cm³/mol. The molecule has 2 aromatic rings. The first-order chi connectivity index (χ1) is 14.9. The number of ether oxygens (including phenoxy) is 2. The van der Waals surface area contributed by atoms with Crippen molar-refractivity contribution in [2.45, 2.75) is 13.1 Å². The predicted octanol–water partition coefficient (Wildman–Crippen LogP) is 4.05. The summed E-state index contributed by atoms with van der Waals surface area (Å²) >= 11 is 13.3. The molecule has 0 amide bonds. The number of halogens is 5. The number of thioether (sulfide) groups is 1. The minimum absolute atomic E-state index is 0.000229. The third-order valence-corrected chi connectivity index (χ3v) is 5.34. The van der Waals surface area contributed by atoms with Gasteiger partial charge < -0.3 is 9.47 Å². The third-order valence-electron chi connectivity index (χ3n) is 4.05. The Hall–Kier alpha value is -2.37. The van der Waals surface area contributed by atoms with E-state index in [1.807, 2.05) is 6.92 Å². The van der Waals surface area contributed by atoms with E-state index in [1.165, 1.54) is 19.3 Å². The summed E-state index contributed by atoms with van der Waals surface area (Å²) in [6.45, 7) is 1.58. The van der Waals surface area contributed by atoms with E-state index in [2.05, 4.69) is 0 Å². The highest BCUT2D eigenvalue weighted by atomic mass is 35.5. The van der Waals surface area contributed by atoms with Gasteiger partial charge in [0.25, 0.3) is 5.56 Å². The number of alkyl halides is 3. The number of carbonyl (C=O) groups excluding carboxylic acids is 1. The molecule has 0 aliphatic carbocycles. The second-order valence-electron chi connectivity index (χ2n) is 6.13. The van der Waals surface area contributed by atoms with Crippen molar-refractivity contribution in [1.29, 1.82) is 0 Å². The van der Waals surface area contributed by atoms with E-state index >= 15 is 0 Å². The van der Waals surface area contributed by atoms with Gasteiger partial charge in [-0.3, -0.25) is 14.2 Å². The fraction of sp³-hybridized carbons (Fsp3) is 0.316. The minimum Gasteiger partial charge on any atom is -0.497 e. The van der Waals surface area contributed by atoms with Crippen molar-refractivity contribution >= 4 is 40.1 Å². The highest BCUT2D eigenvalue weighted by Gasteiger charge is 2.35. The molecule has 1 aromatic heterocycles. The summed E-state index contributed by atoms with van der Waals surface area (Å²) < 4.78 is 50.6. The van der Waals surface area contributed by atoms with Gasteiger partial charge in [0.15, 0.2) is 0 Å². The number of carbonyl (C=O) groups is 1. The zero-order chi connectivity index (χ0) is 24.2. The van der Waals surface area contributed by atoms with Gasteiger partial charge in [0.1, 0.15) is 23.8 Å². The van der Waals surface area contributed by atoms with Crippen LogP contribution < -0.4 is 16.0 Å². The highest BCUT2D eigenvalue weighted by Crippen LogP contribution is 2.33. The number of aromatic nitrogens is 2. The lowest BCUT2D eigenvalue weighted by Gasteiger charge is -2.16. The Morgan fingerprint density at radius 1 is 1.19 bits per heavy atom. The van der Waals surface area contributed by atoms with Crippen LogP contribution in [-0.2, 0) is 22.8 Å². The molecular formula is C19H17Cl2F3N2O5S. The summed E-state index contributed by atoms with van der Waals surface area (Å²) in [5, 5.41) is -0.422. The Balaban J connectivity index is 2.50. The largest absolute Gasteiger partial charge is 0.497 e. The van der Waals surface area contributed by atoms with Crippen molar-refractivity contribution in [3.63, 3.8) is 0 Å². The van der Waals surface area contributed by atoms with E-state index in [-0.39, 0.29) is 49.6 Å². The molecule has 7 nitrogen and oxygen atoms in total. The van der Waals surface area contributed by atoms with E-state index in [0.717, 1.165) is 24.9 Å². The van der Waals surface area contributed by atoms with Crippen LogP contribution in [0, 0.1) is 0 Å². The SMILES string of the molecule is CCSC(=O)C=C(COc1cc(-n2c(=O)cc(C(F)(F)F)n(C)c2=O)c(Cl)cc1Cl)OC. The molecule has 32 heavy (non-hydrogen) atoms. The first kappa shape index (κ1) is 25.9. The van der Waals surface area contributed by atoms with Crippen LogP contribution in [0.5, 0.6) is 5.75 Å². The van der Waals surface area contributed by atoms with Crippen LogP contribution in [-0.4, -0.2) is 33.7 Å². The van der Waals surface area contributed by atoms with Crippen LogP contribution in [0.25, 0.3) is 5.69 Å². The van der Waals surface area contributed by atoms with Crippen LogP contribution in [0.1, 0.15) is 12.6 Å². The monoisotopic (exact) mass is 512 g/mol. The Labute approximate surface area is 194 Å². The summed E-state index contributed by atoms with van der Waals surface area (Å²) in [6.07, 6.45) is -3.67. The van der Waals surface area contributed by atoms with Crippen LogP contribution in [0.2, 0.25) is 10.0 Å². The van der Waals surface area contributed by atoms with Crippen LogP contribution in [0.4, 0.5) is 13.2 Å². The summed E-state index contributed by atoms with van der Waals surface area (Å²) in [6, 6.07) is 2.60. The van der Waals surface area contributed by atoms with Crippen molar-refractivity contribution in [2.24, 2.45) is 7.05 Å². The van der Waals surface area contributed by atoms with Gasteiger partial charge >= 0.3 is 11.9 Å². The van der Waals surface area contributed by atoms with Gasteiger partial charge in [0.05, 0.1) is 22.8 Å². The molecule has 0 bridgehead atoms. The second kappa shape index (κ2) is 10.5. The Morgan fingerprint density at radius 3 is 2.41 bits per heavy atom. The van der Waals surface area contributed by atoms with Gasteiger partial charge in [0, 0.05) is 25.3 Å². The molecule has 0 spiro atoms. The van der Waals surface area contributed by atoms with Crippen molar-refractivity contribution < 1.29 is 27.4 Å². The quantitative estimate of drug-likeness (QED) is 0.411. The van der Waals surface area contributed by atoms with Crippen LogP contribution >= 0.6 is 35.0 Å². The van der Waals surface area contributed by atoms with E-state index in [1.54, 1.807) is 0 Å². The van der Waals surface area contributed by atoms with Crippen molar-refractivity contribution in [3.05, 3.63) is 66.6 Å². The van der Waals surface area contributed by atoms with E-state index < -0.39 is 23.1 Å². The van der Waals surface area contributed by atoms with Crippen molar-refractivity contribution in [1.82, 2.24) is 9.13 Å². The van der Waals surface area contributed by atoms with E-state index in [9.17, 15) is 27.6 Å². The Bertz CT molecular complexity index is 1180. The van der Waals surface area contributed by atoms with Crippen LogP contribution in [0.15, 0.2) is 39.6 Å². The van der Waals surface area contributed by atoms with Crippen molar-refractivity contribution in [3.8, 4) is 11.4 Å². The molecule has 0 aliphatic heterocycles. The van der Waals surface area contributed by atoms with Crippen molar-refractivity contribution in [2.75, 3.05) is 19.5 Å². The van der Waals surface area contributed by atoms with Gasteiger partial charge in [-0.25, -0.2) is 9.36 Å². The molecule has 0 saturated heterocycles. The number of benzene rings is 1. The highest BCUT2D eigenvalue weighted by molar-refractivity contribution is 8.14. The summed E-state index contributed by atoms with van der Waals surface area (Å²) in [5.41, 5.74) is -4.14. The lowest BCUT2D eigenvalue weighted by Crippen LogP contribution is -2.40. The number of hydrogen-bond donors (Lipinski definition) is 0. The molecule has 0 saturated carbocycles. The Kier molecular flexibility index (Phi) is 8.49. The smallest absolute Gasteiger partial charge is 0.431 e. The first-order valence-electron chi connectivity index (χ1n) is 8.84. The molecule has 174 valence electrons. The molecule has 0 aliphatic rings. The second-order valence-corrected chi connectivity index (χ2v) is 8.21. The van der Waals surface area contributed by atoms with Gasteiger partial charge in [0.2, 0.25) is 5.12 Å². The minimum atomic E-state index is -4.90. The lowest BCUT2D eigenvalue weighted by molar-refractivity contribution is -0.144. The molecule has 13 heteroatoms. The molecular weight excluding hydrogens is 496 g/mol.